The van der Waals surface area contributed by atoms with Crippen LogP contribution in [0.3, 0.4) is 0 Å². The van der Waals surface area contributed by atoms with E-state index in [1.807, 2.05) is 36.4 Å². The van der Waals surface area contributed by atoms with Crippen molar-refractivity contribution in [2.45, 2.75) is 6.61 Å². The quantitative estimate of drug-likeness (QED) is 0.438. The molecule has 0 spiro atoms. The maximum absolute atomic E-state index is 12.8. The standard InChI is InChI=1S/C23H19NO5/c1-26-21-10-9-15(12-22(21)27-2)20-13-18(17-7-3-4-8-19(17)24-20)23(25)29-14-16-6-5-11-28-16/h3-13H,14H2,1-2H3. The van der Waals surface area contributed by atoms with Crippen LogP contribution in [0.15, 0.2) is 71.3 Å². The topological polar surface area (TPSA) is 70.8 Å². The highest BCUT2D eigenvalue weighted by Crippen LogP contribution is 2.33. The Balaban J connectivity index is 1.75. The van der Waals surface area contributed by atoms with E-state index in [0.717, 1.165) is 10.9 Å². The van der Waals surface area contributed by atoms with Crippen LogP contribution in [0.25, 0.3) is 22.2 Å². The number of nitrogens with zero attached hydrogens (tertiary/aromatic N) is 1. The van der Waals surface area contributed by atoms with Gasteiger partial charge in [-0.2, -0.15) is 0 Å². The predicted octanol–water partition coefficient (Wildman–Crippen LogP) is 4.87. The Morgan fingerprint density at radius 2 is 1.79 bits per heavy atom. The average Bonchev–Trinajstić information content (AvgIpc) is 3.30. The third-order valence-electron chi connectivity index (χ3n) is 4.54. The van der Waals surface area contributed by atoms with Gasteiger partial charge < -0.3 is 18.6 Å². The number of methoxy groups -OCH3 is 2. The molecular weight excluding hydrogens is 370 g/mol. The van der Waals surface area contributed by atoms with Gasteiger partial charge in [0.05, 0.1) is 37.3 Å². The molecule has 0 bridgehead atoms. The minimum absolute atomic E-state index is 0.0637. The molecule has 0 radical (unpaired) electrons. The third-order valence-corrected chi connectivity index (χ3v) is 4.54. The number of furan rings is 1. The van der Waals surface area contributed by atoms with E-state index in [-0.39, 0.29) is 6.61 Å². The summed E-state index contributed by atoms with van der Waals surface area (Å²) in [7, 11) is 3.16. The molecule has 0 amide bonds. The molecule has 4 aromatic rings. The summed E-state index contributed by atoms with van der Waals surface area (Å²) in [6.07, 6.45) is 1.54. The van der Waals surface area contributed by atoms with Crippen molar-refractivity contribution in [3.63, 3.8) is 0 Å². The number of ether oxygens (including phenoxy) is 3. The molecule has 2 heterocycles. The summed E-state index contributed by atoms with van der Waals surface area (Å²) in [6, 6.07) is 18.2. The Hall–Kier alpha value is -3.80. The maximum Gasteiger partial charge on any atom is 0.339 e. The summed E-state index contributed by atoms with van der Waals surface area (Å²) in [6.45, 7) is 0.0637. The molecule has 146 valence electrons. The Labute approximate surface area is 167 Å². The van der Waals surface area contributed by atoms with Gasteiger partial charge >= 0.3 is 5.97 Å². The van der Waals surface area contributed by atoms with E-state index in [1.54, 1.807) is 44.7 Å². The van der Waals surface area contributed by atoms with Crippen LogP contribution in [0.5, 0.6) is 11.5 Å². The summed E-state index contributed by atoms with van der Waals surface area (Å²) < 4.78 is 21.4. The second kappa shape index (κ2) is 8.06. The van der Waals surface area contributed by atoms with E-state index in [4.69, 9.17) is 23.6 Å². The van der Waals surface area contributed by atoms with Gasteiger partial charge in [0.15, 0.2) is 11.5 Å². The first kappa shape index (κ1) is 18.6. The number of aromatic nitrogens is 1. The van der Waals surface area contributed by atoms with Gasteiger partial charge in [-0.25, -0.2) is 9.78 Å². The largest absolute Gasteiger partial charge is 0.493 e. The Kier molecular flexibility index (Phi) is 5.16. The fourth-order valence-electron chi connectivity index (χ4n) is 3.10. The lowest BCUT2D eigenvalue weighted by atomic mass is 10.0. The Bertz CT molecular complexity index is 1150. The number of carbonyl (C=O) groups is 1. The zero-order valence-corrected chi connectivity index (χ0v) is 16.0. The lowest BCUT2D eigenvalue weighted by Crippen LogP contribution is -2.07. The molecule has 0 saturated heterocycles. The van der Waals surface area contributed by atoms with Crippen molar-refractivity contribution in [1.29, 1.82) is 0 Å². The number of esters is 1. The van der Waals surface area contributed by atoms with Crippen LogP contribution in [0.2, 0.25) is 0 Å². The highest BCUT2D eigenvalue weighted by molar-refractivity contribution is 6.04. The molecule has 0 atom stereocenters. The molecule has 2 aromatic heterocycles. The van der Waals surface area contributed by atoms with Crippen molar-refractivity contribution >= 4 is 16.9 Å². The van der Waals surface area contributed by atoms with Crippen LogP contribution in [-0.4, -0.2) is 25.2 Å². The van der Waals surface area contributed by atoms with Crippen molar-refractivity contribution in [2.24, 2.45) is 0 Å². The second-order valence-electron chi connectivity index (χ2n) is 6.30. The molecule has 0 fully saturated rings. The fraction of sp³-hybridized carbons (Fsp3) is 0.130. The number of pyridine rings is 1. The van der Waals surface area contributed by atoms with Gasteiger partial charge in [0.25, 0.3) is 0 Å². The minimum atomic E-state index is -0.443. The Morgan fingerprint density at radius 1 is 0.966 bits per heavy atom. The first-order valence-electron chi connectivity index (χ1n) is 9.01. The van der Waals surface area contributed by atoms with Crippen LogP contribution in [-0.2, 0) is 11.3 Å². The molecule has 29 heavy (non-hydrogen) atoms. The van der Waals surface area contributed by atoms with E-state index in [9.17, 15) is 4.79 Å². The van der Waals surface area contributed by atoms with Gasteiger partial charge in [-0.3, -0.25) is 0 Å². The van der Waals surface area contributed by atoms with Crippen LogP contribution >= 0.6 is 0 Å². The summed E-state index contributed by atoms with van der Waals surface area (Å²) in [5.41, 5.74) is 2.57. The summed E-state index contributed by atoms with van der Waals surface area (Å²) >= 11 is 0. The molecule has 0 N–H and O–H groups in total. The van der Waals surface area contributed by atoms with E-state index in [2.05, 4.69) is 0 Å². The van der Waals surface area contributed by atoms with E-state index >= 15 is 0 Å². The number of fused-ring (bicyclic) bond motifs is 1. The molecule has 0 aliphatic heterocycles. The van der Waals surface area contributed by atoms with Crippen molar-refractivity contribution in [3.05, 3.63) is 78.3 Å². The summed E-state index contributed by atoms with van der Waals surface area (Å²) in [5, 5.41) is 0.723. The Morgan fingerprint density at radius 3 is 2.55 bits per heavy atom. The van der Waals surface area contributed by atoms with Gasteiger partial charge in [-0.15, -0.1) is 0 Å². The molecule has 0 saturated carbocycles. The monoisotopic (exact) mass is 389 g/mol. The van der Waals surface area contributed by atoms with Gasteiger partial charge in [0.1, 0.15) is 12.4 Å². The molecule has 0 unspecified atom stereocenters. The van der Waals surface area contributed by atoms with Gasteiger partial charge in [0.2, 0.25) is 0 Å². The lowest BCUT2D eigenvalue weighted by molar-refractivity contribution is 0.0448. The smallest absolute Gasteiger partial charge is 0.339 e. The normalized spacial score (nSPS) is 10.7. The second-order valence-corrected chi connectivity index (χ2v) is 6.30. The van der Waals surface area contributed by atoms with Crippen molar-refractivity contribution in [1.82, 2.24) is 4.98 Å². The SMILES string of the molecule is COc1ccc(-c2cc(C(=O)OCc3ccco3)c3ccccc3n2)cc1OC. The number of hydrogen-bond acceptors (Lipinski definition) is 6. The van der Waals surface area contributed by atoms with Crippen LogP contribution in [0.1, 0.15) is 16.1 Å². The number of benzene rings is 2. The van der Waals surface area contributed by atoms with E-state index in [0.29, 0.717) is 34.0 Å². The molecule has 0 aliphatic rings. The molecule has 2 aromatic carbocycles. The number of rotatable bonds is 6. The highest BCUT2D eigenvalue weighted by atomic mass is 16.5. The summed E-state index contributed by atoms with van der Waals surface area (Å²) in [4.78, 5) is 17.5. The van der Waals surface area contributed by atoms with Crippen molar-refractivity contribution in [2.75, 3.05) is 14.2 Å². The first-order chi connectivity index (χ1) is 14.2. The highest BCUT2D eigenvalue weighted by Gasteiger charge is 2.17. The maximum atomic E-state index is 12.8. The first-order valence-corrected chi connectivity index (χ1v) is 9.01. The van der Waals surface area contributed by atoms with Crippen molar-refractivity contribution in [3.8, 4) is 22.8 Å². The van der Waals surface area contributed by atoms with Crippen LogP contribution < -0.4 is 9.47 Å². The number of para-hydroxylation sites is 1. The molecule has 6 heteroatoms. The van der Waals surface area contributed by atoms with E-state index in [1.165, 1.54) is 0 Å². The van der Waals surface area contributed by atoms with Crippen LogP contribution in [0, 0.1) is 0 Å². The van der Waals surface area contributed by atoms with Crippen molar-refractivity contribution < 1.29 is 23.4 Å². The van der Waals surface area contributed by atoms with E-state index < -0.39 is 5.97 Å². The molecular formula is C23H19NO5. The zero-order chi connectivity index (χ0) is 20.2. The minimum Gasteiger partial charge on any atom is -0.493 e. The number of hydrogen-bond donors (Lipinski definition) is 0. The lowest BCUT2D eigenvalue weighted by Gasteiger charge is -2.12. The van der Waals surface area contributed by atoms with Gasteiger partial charge in [-0.1, -0.05) is 18.2 Å². The molecule has 4 rings (SSSR count). The third kappa shape index (κ3) is 3.78. The molecule has 6 nitrogen and oxygen atoms in total. The number of carbonyl (C=O) groups excluding carboxylic acids is 1. The van der Waals surface area contributed by atoms with Gasteiger partial charge in [-0.05, 0) is 42.5 Å². The zero-order valence-electron chi connectivity index (χ0n) is 16.0. The average molecular weight is 389 g/mol. The van der Waals surface area contributed by atoms with Gasteiger partial charge in [0, 0.05) is 10.9 Å². The fourth-order valence-corrected chi connectivity index (χ4v) is 3.10. The van der Waals surface area contributed by atoms with Crippen LogP contribution in [0.4, 0.5) is 0 Å². The molecule has 0 aliphatic carbocycles. The predicted molar refractivity (Wildman–Crippen MR) is 108 cm³/mol. The summed E-state index contributed by atoms with van der Waals surface area (Å²) in [5.74, 6) is 1.34.